The Morgan fingerprint density at radius 2 is 1.28 bits per heavy atom. The van der Waals surface area contributed by atoms with Crippen molar-refractivity contribution in [3.63, 3.8) is 0 Å². The molecule has 2 aromatic rings. The van der Waals surface area contributed by atoms with Crippen LogP contribution in [0, 0.1) is 17.8 Å². The minimum Gasteiger partial charge on any atom is -0.497 e. The fraction of sp³-hybridized carbons (Fsp3) is 0.379. The second-order valence-electron chi connectivity index (χ2n) is 9.11. The van der Waals surface area contributed by atoms with Crippen molar-refractivity contribution >= 4 is 23.7 Å². The molecule has 0 saturated heterocycles. The highest BCUT2D eigenvalue weighted by Crippen LogP contribution is 2.40. The highest BCUT2D eigenvalue weighted by molar-refractivity contribution is 6.04. The molecule has 0 bridgehead atoms. The average Bonchev–Trinajstić information content (AvgIpc) is 2.82. The number of hydrogen-bond donors (Lipinski definition) is 0. The number of methoxy groups -OCH3 is 1. The van der Waals surface area contributed by atoms with Crippen molar-refractivity contribution in [2.75, 3.05) is 7.11 Å². The predicted molar refractivity (Wildman–Crippen MR) is 129 cm³/mol. The number of ether oxygens (including phenoxy) is 1. The van der Waals surface area contributed by atoms with Gasteiger partial charge in [0.15, 0.2) is 11.6 Å². The Labute approximate surface area is 191 Å². The molecule has 0 spiro atoms. The van der Waals surface area contributed by atoms with E-state index in [1.807, 2.05) is 66.7 Å². The van der Waals surface area contributed by atoms with Crippen LogP contribution in [0.2, 0.25) is 0 Å². The van der Waals surface area contributed by atoms with Gasteiger partial charge in [-0.1, -0.05) is 49.4 Å². The molecule has 0 aliphatic heterocycles. The summed E-state index contributed by atoms with van der Waals surface area (Å²) in [5, 5.41) is 0. The Morgan fingerprint density at radius 1 is 0.781 bits per heavy atom. The van der Waals surface area contributed by atoms with Crippen LogP contribution < -0.4 is 4.74 Å². The summed E-state index contributed by atoms with van der Waals surface area (Å²) < 4.78 is 5.23. The molecule has 2 aliphatic rings. The molecule has 3 heteroatoms. The lowest BCUT2D eigenvalue weighted by molar-refractivity contribution is -0.127. The first kappa shape index (κ1) is 22.3. The second kappa shape index (κ2) is 10.1. The molecular formula is C29H32O3. The van der Waals surface area contributed by atoms with E-state index in [1.165, 1.54) is 0 Å². The van der Waals surface area contributed by atoms with Crippen LogP contribution in [0.1, 0.15) is 56.6 Å². The van der Waals surface area contributed by atoms with Gasteiger partial charge in [0.25, 0.3) is 0 Å². The van der Waals surface area contributed by atoms with Crippen molar-refractivity contribution in [2.24, 2.45) is 17.8 Å². The van der Waals surface area contributed by atoms with Crippen molar-refractivity contribution < 1.29 is 14.3 Å². The van der Waals surface area contributed by atoms with Crippen LogP contribution in [0.15, 0.2) is 65.7 Å². The Balaban J connectivity index is 1.50. The molecule has 32 heavy (non-hydrogen) atoms. The first-order chi connectivity index (χ1) is 15.6. The van der Waals surface area contributed by atoms with Crippen molar-refractivity contribution in [1.29, 1.82) is 0 Å². The third kappa shape index (κ3) is 4.93. The van der Waals surface area contributed by atoms with Gasteiger partial charge in [0.05, 0.1) is 7.11 Å². The van der Waals surface area contributed by atoms with Gasteiger partial charge in [-0.15, -0.1) is 0 Å². The summed E-state index contributed by atoms with van der Waals surface area (Å²) in [6.07, 6.45) is 9.47. The molecule has 0 N–H and O–H groups in total. The van der Waals surface area contributed by atoms with Gasteiger partial charge in [-0.05, 0) is 91.0 Å². The van der Waals surface area contributed by atoms with Crippen molar-refractivity contribution in [3.8, 4) is 5.75 Å². The van der Waals surface area contributed by atoms with Crippen LogP contribution in [0.4, 0.5) is 0 Å². The molecule has 166 valence electrons. The minimum atomic E-state index is -0.0710. The van der Waals surface area contributed by atoms with Gasteiger partial charge in [0.1, 0.15) is 5.75 Å². The van der Waals surface area contributed by atoms with Gasteiger partial charge in [-0.2, -0.15) is 0 Å². The van der Waals surface area contributed by atoms with E-state index in [2.05, 4.69) is 6.92 Å². The highest BCUT2D eigenvalue weighted by Gasteiger charge is 2.39. The maximum Gasteiger partial charge on any atom is 0.162 e. The molecule has 2 fully saturated rings. The maximum atomic E-state index is 13.4. The zero-order valence-corrected chi connectivity index (χ0v) is 19.1. The predicted octanol–water partition coefficient (Wildman–Crippen LogP) is 6.54. The smallest absolute Gasteiger partial charge is 0.162 e. The van der Waals surface area contributed by atoms with E-state index in [1.54, 1.807) is 7.11 Å². The fourth-order valence-corrected chi connectivity index (χ4v) is 5.23. The van der Waals surface area contributed by atoms with E-state index in [0.29, 0.717) is 0 Å². The van der Waals surface area contributed by atoms with Crippen molar-refractivity contribution in [3.05, 3.63) is 76.9 Å². The normalized spacial score (nSPS) is 25.2. The van der Waals surface area contributed by atoms with Crippen LogP contribution >= 0.6 is 0 Å². The van der Waals surface area contributed by atoms with E-state index < -0.39 is 0 Å². The van der Waals surface area contributed by atoms with Gasteiger partial charge in [-0.25, -0.2) is 0 Å². The highest BCUT2D eigenvalue weighted by atomic mass is 16.5. The lowest BCUT2D eigenvalue weighted by atomic mass is 9.67. The average molecular weight is 429 g/mol. The summed E-state index contributed by atoms with van der Waals surface area (Å²) >= 11 is 0. The summed E-state index contributed by atoms with van der Waals surface area (Å²) in [6, 6.07) is 17.9. The monoisotopic (exact) mass is 428 g/mol. The molecule has 4 rings (SSSR count). The number of hydrogen-bond acceptors (Lipinski definition) is 3. The molecule has 3 atom stereocenters. The van der Waals surface area contributed by atoms with E-state index in [0.717, 1.165) is 66.5 Å². The molecule has 2 aliphatic carbocycles. The summed E-state index contributed by atoms with van der Waals surface area (Å²) in [4.78, 5) is 26.7. The van der Waals surface area contributed by atoms with Gasteiger partial charge in [-0.3, -0.25) is 9.59 Å². The molecule has 2 saturated carbocycles. The third-order valence-electron chi connectivity index (χ3n) is 7.10. The SMILES string of the molecule is COc1ccc(/C=C2\CCCC(C(C)C3CCC/C(=C\c4ccccc4)C3=O)C2=O)cc1. The topological polar surface area (TPSA) is 43.4 Å². The Kier molecular flexibility index (Phi) is 7.04. The lowest BCUT2D eigenvalue weighted by Gasteiger charge is -2.35. The number of carbonyl (C=O) groups is 2. The maximum absolute atomic E-state index is 13.4. The minimum absolute atomic E-state index is 0.0620. The number of benzene rings is 2. The Morgan fingerprint density at radius 3 is 1.78 bits per heavy atom. The quantitative estimate of drug-likeness (QED) is 0.508. The van der Waals surface area contributed by atoms with Crippen LogP contribution in [0.5, 0.6) is 5.75 Å². The molecule has 0 aromatic heterocycles. The molecule has 0 radical (unpaired) electrons. The largest absolute Gasteiger partial charge is 0.497 e. The molecule has 0 amide bonds. The van der Waals surface area contributed by atoms with E-state index in [9.17, 15) is 9.59 Å². The van der Waals surface area contributed by atoms with Gasteiger partial charge < -0.3 is 4.74 Å². The van der Waals surface area contributed by atoms with E-state index >= 15 is 0 Å². The van der Waals surface area contributed by atoms with Crippen LogP contribution in [-0.2, 0) is 9.59 Å². The first-order valence-electron chi connectivity index (χ1n) is 11.8. The van der Waals surface area contributed by atoms with Crippen molar-refractivity contribution in [1.82, 2.24) is 0 Å². The zero-order valence-electron chi connectivity index (χ0n) is 19.1. The van der Waals surface area contributed by atoms with E-state index in [4.69, 9.17) is 4.74 Å². The van der Waals surface area contributed by atoms with Crippen LogP contribution in [0.3, 0.4) is 0 Å². The Bertz CT molecular complexity index is 1010. The summed E-state index contributed by atoms with van der Waals surface area (Å²) in [7, 11) is 1.65. The van der Waals surface area contributed by atoms with Gasteiger partial charge in [0, 0.05) is 11.8 Å². The molecule has 0 heterocycles. The summed E-state index contributed by atoms with van der Waals surface area (Å²) in [5.74, 6) is 1.21. The van der Waals surface area contributed by atoms with E-state index in [-0.39, 0.29) is 29.3 Å². The third-order valence-corrected chi connectivity index (χ3v) is 7.10. The summed E-state index contributed by atoms with van der Waals surface area (Å²) in [6.45, 7) is 2.12. The first-order valence-corrected chi connectivity index (χ1v) is 11.8. The second-order valence-corrected chi connectivity index (χ2v) is 9.11. The number of carbonyl (C=O) groups excluding carboxylic acids is 2. The number of allylic oxidation sites excluding steroid dienone is 2. The lowest BCUT2D eigenvalue weighted by Crippen LogP contribution is -2.36. The molecule has 2 aromatic carbocycles. The van der Waals surface area contributed by atoms with Gasteiger partial charge in [0.2, 0.25) is 0 Å². The molecule has 3 nitrogen and oxygen atoms in total. The van der Waals surface area contributed by atoms with Crippen LogP contribution in [-0.4, -0.2) is 18.7 Å². The molecular weight excluding hydrogens is 396 g/mol. The summed E-state index contributed by atoms with van der Waals surface area (Å²) in [5.41, 5.74) is 3.89. The number of ketones is 2. The standard InChI is InChI=1S/C29H32O3/c1-20(26-12-6-10-23(28(26)30)18-21-8-4-3-5-9-21)27-13-7-11-24(29(27)31)19-22-14-16-25(32-2)17-15-22/h3-5,8-9,14-20,26-27H,6-7,10-13H2,1-2H3/b23-18+,24-19+. The fourth-order valence-electron chi connectivity index (χ4n) is 5.23. The van der Waals surface area contributed by atoms with Crippen LogP contribution in [0.25, 0.3) is 12.2 Å². The Hall–Kier alpha value is -2.94. The number of rotatable bonds is 5. The van der Waals surface area contributed by atoms with Crippen molar-refractivity contribution in [2.45, 2.75) is 45.4 Å². The number of Topliss-reactive ketones (excluding diaryl/α,β-unsaturated/α-hetero) is 2. The zero-order chi connectivity index (χ0) is 22.5. The van der Waals surface area contributed by atoms with Gasteiger partial charge >= 0.3 is 0 Å². The molecule has 3 unspecified atom stereocenters.